The molecule has 2 aromatic heterocycles. The van der Waals surface area contributed by atoms with Crippen molar-refractivity contribution in [2.24, 2.45) is 7.05 Å². The van der Waals surface area contributed by atoms with E-state index in [1.54, 1.807) is 12.3 Å². The van der Waals surface area contributed by atoms with E-state index in [1.165, 1.54) is 0 Å². The van der Waals surface area contributed by atoms with Crippen molar-refractivity contribution >= 4 is 0 Å². The Morgan fingerprint density at radius 1 is 1.58 bits per heavy atom. The van der Waals surface area contributed by atoms with E-state index in [2.05, 4.69) is 11.4 Å². The van der Waals surface area contributed by atoms with Crippen molar-refractivity contribution in [1.29, 1.82) is 5.26 Å². The van der Waals surface area contributed by atoms with Crippen molar-refractivity contribution in [2.45, 2.75) is 19.5 Å². The van der Waals surface area contributed by atoms with Gasteiger partial charge in [0.2, 0.25) is 0 Å². The molecule has 5 heteroatoms. The highest BCUT2D eigenvalue weighted by Gasteiger charge is 2.14. The van der Waals surface area contributed by atoms with Gasteiger partial charge in [-0.05, 0) is 30.7 Å². The Hall–Kier alpha value is -2.03. The number of nitrogens with one attached hydrogen (secondary N) is 1. The average Bonchev–Trinajstić information content (AvgIpc) is 3.03. The van der Waals surface area contributed by atoms with Gasteiger partial charge in [-0.2, -0.15) is 5.26 Å². The lowest BCUT2D eigenvalue weighted by Gasteiger charge is -2.13. The molecule has 1 atom stereocenters. The van der Waals surface area contributed by atoms with Gasteiger partial charge in [0.15, 0.2) is 0 Å². The van der Waals surface area contributed by atoms with Gasteiger partial charge in [-0.15, -0.1) is 0 Å². The van der Waals surface area contributed by atoms with Gasteiger partial charge in [0.1, 0.15) is 17.5 Å². The van der Waals surface area contributed by atoms with E-state index < -0.39 is 0 Å². The third-order valence-corrected chi connectivity index (χ3v) is 3.36. The fourth-order valence-corrected chi connectivity index (χ4v) is 2.03. The quantitative estimate of drug-likeness (QED) is 0.855. The molecular formula is C14H17N3O2. The van der Waals surface area contributed by atoms with E-state index in [9.17, 15) is 5.11 Å². The first-order valence-electron chi connectivity index (χ1n) is 6.10. The maximum absolute atomic E-state index is 9.37. The Kier molecular flexibility index (Phi) is 4.05. The molecule has 2 N–H and O–H groups in total. The molecular weight excluding hydrogens is 242 g/mol. The van der Waals surface area contributed by atoms with Crippen molar-refractivity contribution in [3.8, 4) is 6.07 Å². The van der Waals surface area contributed by atoms with E-state index in [4.69, 9.17) is 9.68 Å². The lowest BCUT2D eigenvalue weighted by atomic mass is 10.2. The van der Waals surface area contributed by atoms with Crippen LogP contribution in [0.3, 0.4) is 0 Å². The van der Waals surface area contributed by atoms with Crippen LogP contribution in [0.15, 0.2) is 28.9 Å². The largest absolute Gasteiger partial charge is 0.468 e. The lowest BCUT2D eigenvalue weighted by molar-refractivity contribution is 0.225. The van der Waals surface area contributed by atoms with Crippen LogP contribution in [0.25, 0.3) is 0 Å². The number of aromatic nitrogens is 1. The van der Waals surface area contributed by atoms with Crippen LogP contribution in [0, 0.1) is 18.3 Å². The molecule has 1 unspecified atom stereocenters. The van der Waals surface area contributed by atoms with Crippen molar-refractivity contribution < 1.29 is 9.52 Å². The third-order valence-electron chi connectivity index (χ3n) is 3.36. The minimum absolute atomic E-state index is 0.0372. The summed E-state index contributed by atoms with van der Waals surface area (Å²) in [5.74, 6) is 0.705. The van der Waals surface area contributed by atoms with Crippen LogP contribution >= 0.6 is 0 Å². The van der Waals surface area contributed by atoms with Crippen LogP contribution in [0.4, 0.5) is 0 Å². The van der Waals surface area contributed by atoms with Gasteiger partial charge in [0.05, 0.1) is 18.9 Å². The minimum atomic E-state index is -0.236. The van der Waals surface area contributed by atoms with Gasteiger partial charge in [0, 0.05) is 19.3 Å². The minimum Gasteiger partial charge on any atom is -0.468 e. The Morgan fingerprint density at radius 2 is 2.37 bits per heavy atom. The molecule has 0 radical (unpaired) electrons. The molecule has 5 nitrogen and oxygen atoms in total. The average molecular weight is 259 g/mol. The molecule has 0 aliphatic carbocycles. The molecule has 2 rings (SSSR count). The molecule has 0 amide bonds. The Bertz CT molecular complexity index is 579. The highest BCUT2D eigenvalue weighted by Crippen LogP contribution is 2.17. The van der Waals surface area contributed by atoms with E-state index in [0.29, 0.717) is 18.0 Å². The second kappa shape index (κ2) is 5.74. The summed E-state index contributed by atoms with van der Waals surface area (Å²) in [6.45, 7) is 2.51. The number of nitrogens with zero attached hydrogens (tertiary/aromatic N) is 2. The summed E-state index contributed by atoms with van der Waals surface area (Å²) in [5, 5.41) is 21.6. The fraction of sp³-hybridized carbons (Fsp3) is 0.357. The summed E-state index contributed by atoms with van der Waals surface area (Å²) in [4.78, 5) is 0. The summed E-state index contributed by atoms with van der Waals surface area (Å²) >= 11 is 0. The zero-order valence-electron chi connectivity index (χ0n) is 11.1. The molecule has 100 valence electrons. The normalized spacial score (nSPS) is 12.3. The molecule has 0 fully saturated rings. The maximum Gasteiger partial charge on any atom is 0.123 e. The monoisotopic (exact) mass is 259 g/mol. The molecule has 0 saturated heterocycles. The number of hydrogen-bond acceptors (Lipinski definition) is 4. The SMILES string of the molecule is Cc1c(CNC(CO)c2ccco2)cc(C#N)n1C. The van der Waals surface area contributed by atoms with E-state index in [1.807, 2.05) is 30.7 Å². The van der Waals surface area contributed by atoms with Crippen molar-refractivity contribution in [1.82, 2.24) is 9.88 Å². The van der Waals surface area contributed by atoms with Gasteiger partial charge in [-0.3, -0.25) is 0 Å². The predicted octanol–water partition coefficient (Wildman–Crippen LogP) is 1.62. The Labute approximate surface area is 112 Å². The molecule has 0 aliphatic heterocycles. The fourth-order valence-electron chi connectivity index (χ4n) is 2.03. The number of hydrogen-bond donors (Lipinski definition) is 2. The molecule has 2 aromatic rings. The van der Waals surface area contributed by atoms with Crippen LogP contribution < -0.4 is 5.32 Å². The van der Waals surface area contributed by atoms with Gasteiger partial charge >= 0.3 is 0 Å². The summed E-state index contributed by atoms with van der Waals surface area (Å²) in [5.41, 5.74) is 2.72. The molecule has 0 saturated carbocycles. The number of nitriles is 1. The molecule has 2 heterocycles. The molecule has 0 bridgehead atoms. The van der Waals surface area contributed by atoms with Crippen LogP contribution in [-0.2, 0) is 13.6 Å². The number of rotatable bonds is 5. The summed E-state index contributed by atoms with van der Waals surface area (Å²) < 4.78 is 7.13. The van der Waals surface area contributed by atoms with Crippen LogP contribution in [-0.4, -0.2) is 16.3 Å². The first kappa shape index (κ1) is 13.4. The van der Waals surface area contributed by atoms with Crippen LogP contribution in [0.2, 0.25) is 0 Å². The lowest BCUT2D eigenvalue weighted by Crippen LogP contribution is -2.23. The van der Waals surface area contributed by atoms with Crippen molar-refractivity contribution in [3.63, 3.8) is 0 Å². The summed E-state index contributed by atoms with van der Waals surface area (Å²) in [6, 6.07) is 7.40. The van der Waals surface area contributed by atoms with E-state index in [0.717, 1.165) is 11.3 Å². The predicted molar refractivity (Wildman–Crippen MR) is 70.2 cm³/mol. The second-order valence-corrected chi connectivity index (χ2v) is 4.44. The maximum atomic E-state index is 9.37. The molecule has 19 heavy (non-hydrogen) atoms. The summed E-state index contributed by atoms with van der Waals surface area (Å²) in [7, 11) is 1.87. The van der Waals surface area contributed by atoms with E-state index in [-0.39, 0.29) is 12.6 Å². The number of aliphatic hydroxyl groups is 1. The van der Waals surface area contributed by atoms with Crippen LogP contribution in [0.5, 0.6) is 0 Å². The van der Waals surface area contributed by atoms with Crippen molar-refractivity contribution in [2.75, 3.05) is 6.61 Å². The van der Waals surface area contributed by atoms with Gasteiger partial charge in [-0.25, -0.2) is 0 Å². The molecule has 0 aromatic carbocycles. The molecule has 0 aliphatic rings. The van der Waals surface area contributed by atoms with E-state index >= 15 is 0 Å². The first-order chi connectivity index (χ1) is 9.17. The molecule has 0 spiro atoms. The smallest absolute Gasteiger partial charge is 0.123 e. The highest BCUT2D eigenvalue weighted by molar-refractivity contribution is 5.34. The Morgan fingerprint density at radius 3 is 2.89 bits per heavy atom. The first-order valence-corrected chi connectivity index (χ1v) is 6.10. The van der Waals surface area contributed by atoms with Gasteiger partial charge in [0.25, 0.3) is 0 Å². The van der Waals surface area contributed by atoms with Gasteiger partial charge < -0.3 is 19.4 Å². The van der Waals surface area contributed by atoms with Gasteiger partial charge in [-0.1, -0.05) is 0 Å². The zero-order chi connectivity index (χ0) is 13.8. The topological polar surface area (TPSA) is 74.1 Å². The van der Waals surface area contributed by atoms with Crippen molar-refractivity contribution in [3.05, 3.63) is 47.2 Å². The Balaban J connectivity index is 2.08. The zero-order valence-corrected chi connectivity index (χ0v) is 11.1. The standard InChI is InChI=1S/C14H17N3O2/c1-10-11(6-12(7-15)17(10)2)8-16-13(9-18)14-4-3-5-19-14/h3-6,13,16,18H,8-9H2,1-2H3. The summed E-state index contributed by atoms with van der Waals surface area (Å²) in [6.07, 6.45) is 1.58. The third kappa shape index (κ3) is 2.70. The number of aliphatic hydroxyl groups excluding tert-OH is 1. The number of furan rings is 1. The van der Waals surface area contributed by atoms with Crippen LogP contribution in [0.1, 0.15) is 28.8 Å². The second-order valence-electron chi connectivity index (χ2n) is 4.44. The highest BCUT2D eigenvalue weighted by atomic mass is 16.3.